The zero-order chi connectivity index (χ0) is 19.3. The molecule has 140 valence electrons. The number of carbonyl (C=O) groups is 3. The summed E-state index contributed by atoms with van der Waals surface area (Å²) in [6.07, 6.45) is 4.15. The van der Waals surface area contributed by atoms with Crippen LogP contribution in [0.25, 0.3) is 6.08 Å². The van der Waals surface area contributed by atoms with Crippen LogP contribution >= 0.6 is 0 Å². The third-order valence-corrected chi connectivity index (χ3v) is 4.50. The highest BCUT2D eigenvalue weighted by Gasteiger charge is 2.28. The van der Waals surface area contributed by atoms with Crippen LogP contribution < -0.4 is 5.32 Å². The second-order valence-electron chi connectivity index (χ2n) is 7.06. The van der Waals surface area contributed by atoms with Crippen molar-refractivity contribution in [3.05, 3.63) is 41.6 Å². The highest BCUT2D eigenvalue weighted by molar-refractivity contribution is 5.82. The van der Waals surface area contributed by atoms with Crippen LogP contribution in [0.2, 0.25) is 0 Å². The zero-order valence-electron chi connectivity index (χ0n) is 15.4. The molecule has 0 saturated heterocycles. The number of carboxylic acids is 1. The van der Waals surface area contributed by atoms with Gasteiger partial charge in [-0.25, -0.2) is 0 Å². The van der Waals surface area contributed by atoms with Crippen LogP contribution in [0.3, 0.4) is 0 Å². The summed E-state index contributed by atoms with van der Waals surface area (Å²) in [5.74, 6) is -1.69. The van der Waals surface area contributed by atoms with E-state index in [2.05, 4.69) is 5.32 Å². The Hall–Kier alpha value is -2.63. The number of nitrogens with one attached hydrogen (secondary N) is 1. The molecular weight excluding hydrogens is 332 g/mol. The van der Waals surface area contributed by atoms with Crippen LogP contribution in [0.1, 0.15) is 50.8 Å². The molecule has 0 bridgehead atoms. The first kappa shape index (κ1) is 19.7. The summed E-state index contributed by atoms with van der Waals surface area (Å²) in [5, 5.41) is 12.0. The molecule has 0 aromatic heterocycles. The number of carbonyl (C=O) groups excluding carboxylic acids is 2. The lowest BCUT2D eigenvalue weighted by molar-refractivity contribution is -0.142. The molecule has 6 nitrogen and oxygen atoms in total. The molecule has 1 aliphatic heterocycles. The number of fused-ring (bicyclic) bond motifs is 1. The van der Waals surface area contributed by atoms with Gasteiger partial charge >= 0.3 is 5.97 Å². The molecule has 0 saturated carbocycles. The first-order valence-electron chi connectivity index (χ1n) is 8.85. The Morgan fingerprint density at radius 2 is 1.92 bits per heavy atom. The summed E-state index contributed by atoms with van der Waals surface area (Å²) in [5.41, 5.74) is 1.89. The van der Waals surface area contributed by atoms with Crippen molar-refractivity contribution in [2.45, 2.75) is 39.7 Å². The van der Waals surface area contributed by atoms with E-state index in [0.29, 0.717) is 6.42 Å². The Kier molecular flexibility index (Phi) is 6.55. The fraction of sp³-hybridized carbons (Fsp3) is 0.450. The highest BCUT2D eigenvalue weighted by atomic mass is 16.4. The zero-order valence-corrected chi connectivity index (χ0v) is 15.4. The number of carboxylic acid groups (broad SMARTS) is 1. The number of amides is 2. The van der Waals surface area contributed by atoms with Gasteiger partial charge in [-0.3, -0.25) is 14.4 Å². The minimum Gasteiger partial charge on any atom is -0.481 e. The highest BCUT2D eigenvalue weighted by Crippen LogP contribution is 2.32. The van der Waals surface area contributed by atoms with E-state index in [4.69, 9.17) is 0 Å². The molecule has 2 amide bonds. The number of aliphatic carboxylic acids is 1. The van der Waals surface area contributed by atoms with E-state index >= 15 is 0 Å². The van der Waals surface area contributed by atoms with E-state index < -0.39 is 11.9 Å². The van der Waals surface area contributed by atoms with E-state index in [1.165, 1.54) is 6.92 Å². The minimum absolute atomic E-state index is 0.0922. The smallest absolute Gasteiger partial charge is 0.308 e. The van der Waals surface area contributed by atoms with Gasteiger partial charge in [-0.1, -0.05) is 38.1 Å². The summed E-state index contributed by atoms with van der Waals surface area (Å²) in [7, 11) is 0. The topological polar surface area (TPSA) is 86.7 Å². The molecule has 6 heteroatoms. The Bertz CT molecular complexity index is 712. The van der Waals surface area contributed by atoms with Gasteiger partial charge in [-0.15, -0.1) is 0 Å². The molecule has 0 spiro atoms. The Labute approximate surface area is 153 Å². The van der Waals surface area contributed by atoms with Crippen LogP contribution in [0, 0.1) is 11.8 Å². The maximum atomic E-state index is 12.4. The number of hydrogen-bond donors (Lipinski definition) is 2. The standard InChI is InChI=1S/C20H26N2O4/c1-13(2)10-16(20(25)26)12-21-19(24)11-18-17-7-5-4-6-15(17)8-9-22(18)14(3)23/h4-9,13,16,18H,10-12H2,1-3H3,(H,21,24)(H,25,26)/t16-,18+/m1/s1. The van der Waals surface area contributed by atoms with E-state index in [9.17, 15) is 19.5 Å². The van der Waals surface area contributed by atoms with Crippen molar-refractivity contribution in [1.82, 2.24) is 10.2 Å². The van der Waals surface area contributed by atoms with Gasteiger partial charge in [0.25, 0.3) is 0 Å². The normalized spacial score (nSPS) is 16.9. The maximum absolute atomic E-state index is 12.4. The van der Waals surface area contributed by atoms with Gasteiger partial charge in [0, 0.05) is 19.7 Å². The van der Waals surface area contributed by atoms with Gasteiger partial charge in [0.2, 0.25) is 11.8 Å². The van der Waals surface area contributed by atoms with Crippen LogP contribution in [0.15, 0.2) is 30.5 Å². The first-order chi connectivity index (χ1) is 12.3. The van der Waals surface area contributed by atoms with Crippen LogP contribution in [0.5, 0.6) is 0 Å². The molecule has 1 aromatic carbocycles. The van der Waals surface area contributed by atoms with Gasteiger partial charge < -0.3 is 15.3 Å². The van der Waals surface area contributed by atoms with Crippen LogP contribution in [-0.2, 0) is 14.4 Å². The van der Waals surface area contributed by atoms with E-state index in [-0.39, 0.29) is 36.7 Å². The molecule has 2 rings (SSSR count). The third-order valence-electron chi connectivity index (χ3n) is 4.50. The molecule has 2 atom stereocenters. The van der Waals surface area contributed by atoms with Gasteiger partial charge in [-0.05, 0) is 29.5 Å². The molecular formula is C20H26N2O4. The van der Waals surface area contributed by atoms with Gasteiger partial charge in [0.1, 0.15) is 0 Å². The lowest BCUT2D eigenvalue weighted by atomic mass is 9.93. The molecule has 0 aliphatic carbocycles. The van der Waals surface area contributed by atoms with Crippen molar-refractivity contribution in [3.8, 4) is 0 Å². The lowest BCUT2D eigenvalue weighted by Crippen LogP contribution is -2.38. The average Bonchev–Trinajstić information content (AvgIpc) is 2.58. The summed E-state index contributed by atoms with van der Waals surface area (Å²) < 4.78 is 0. The largest absolute Gasteiger partial charge is 0.481 e. The van der Waals surface area contributed by atoms with E-state index in [1.807, 2.05) is 44.2 Å². The summed E-state index contributed by atoms with van der Waals surface area (Å²) in [6.45, 7) is 5.46. The molecule has 2 N–H and O–H groups in total. The predicted molar refractivity (Wildman–Crippen MR) is 98.9 cm³/mol. The maximum Gasteiger partial charge on any atom is 0.308 e. The fourth-order valence-corrected chi connectivity index (χ4v) is 3.24. The molecule has 1 aliphatic rings. The van der Waals surface area contributed by atoms with E-state index in [0.717, 1.165) is 11.1 Å². The Morgan fingerprint density at radius 3 is 2.54 bits per heavy atom. The fourth-order valence-electron chi connectivity index (χ4n) is 3.24. The molecule has 1 heterocycles. The average molecular weight is 358 g/mol. The van der Waals surface area contributed by atoms with Crippen molar-refractivity contribution in [1.29, 1.82) is 0 Å². The van der Waals surface area contributed by atoms with E-state index in [1.54, 1.807) is 11.1 Å². The second kappa shape index (κ2) is 8.65. The van der Waals surface area contributed by atoms with Crippen molar-refractivity contribution < 1.29 is 19.5 Å². The van der Waals surface area contributed by atoms with Crippen molar-refractivity contribution in [3.63, 3.8) is 0 Å². The van der Waals surface area contributed by atoms with Crippen LogP contribution in [-0.4, -0.2) is 34.3 Å². The summed E-state index contributed by atoms with van der Waals surface area (Å²) in [6, 6.07) is 7.25. The van der Waals surface area contributed by atoms with Crippen molar-refractivity contribution >= 4 is 23.9 Å². The predicted octanol–water partition coefficient (Wildman–Crippen LogP) is 2.81. The lowest BCUT2D eigenvalue weighted by Gasteiger charge is -2.32. The minimum atomic E-state index is -0.907. The van der Waals surface area contributed by atoms with Crippen LogP contribution in [0.4, 0.5) is 0 Å². The Morgan fingerprint density at radius 1 is 1.23 bits per heavy atom. The second-order valence-corrected chi connectivity index (χ2v) is 7.06. The Balaban J connectivity index is 2.07. The van der Waals surface area contributed by atoms with Crippen molar-refractivity contribution in [2.75, 3.05) is 6.54 Å². The molecule has 0 unspecified atom stereocenters. The van der Waals surface area contributed by atoms with Crippen molar-refractivity contribution in [2.24, 2.45) is 11.8 Å². The van der Waals surface area contributed by atoms with Gasteiger partial charge in [0.05, 0.1) is 18.4 Å². The molecule has 1 aromatic rings. The molecule has 0 radical (unpaired) electrons. The third kappa shape index (κ3) is 4.94. The number of benzene rings is 1. The number of nitrogens with zero attached hydrogens (tertiary/aromatic N) is 1. The monoisotopic (exact) mass is 358 g/mol. The SMILES string of the molecule is CC(=O)N1C=Cc2ccccc2[C@@H]1CC(=O)NC[C@@H](CC(C)C)C(=O)O. The quantitative estimate of drug-likeness (QED) is 0.785. The summed E-state index contributed by atoms with van der Waals surface area (Å²) in [4.78, 5) is 37.3. The number of hydrogen-bond acceptors (Lipinski definition) is 3. The number of rotatable bonds is 7. The molecule has 0 fully saturated rings. The summed E-state index contributed by atoms with van der Waals surface area (Å²) >= 11 is 0. The van der Waals surface area contributed by atoms with Gasteiger partial charge in [0.15, 0.2) is 0 Å². The molecule has 26 heavy (non-hydrogen) atoms. The van der Waals surface area contributed by atoms with Gasteiger partial charge in [-0.2, -0.15) is 0 Å². The first-order valence-corrected chi connectivity index (χ1v) is 8.85.